The van der Waals surface area contributed by atoms with Gasteiger partial charge in [0.1, 0.15) is 0 Å². The maximum absolute atomic E-state index is 9.08. The molecule has 0 bridgehead atoms. The highest BCUT2D eigenvalue weighted by Crippen LogP contribution is 2.44. The lowest BCUT2D eigenvalue weighted by molar-refractivity contribution is 0.850. The Hall–Kier alpha value is -9.57. The first kappa shape index (κ1) is 43.1. The second-order valence-electron chi connectivity index (χ2n) is 20.3. The summed E-state index contributed by atoms with van der Waals surface area (Å²) in [5.74, 6) is 0.396. The molecule has 0 spiro atoms. The van der Waals surface area contributed by atoms with Crippen LogP contribution in [-0.2, 0) is 6.42 Å². The number of hydrogen-bond acceptors (Lipinski definition) is 1. The van der Waals surface area contributed by atoms with E-state index in [-0.39, 0.29) is 0 Å². The summed E-state index contributed by atoms with van der Waals surface area (Å²) in [6, 6.07) is 87.9. The lowest BCUT2D eigenvalue weighted by Crippen LogP contribution is -2.02. The summed E-state index contributed by atoms with van der Waals surface area (Å²) < 4.78 is 4.85. The van der Waals surface area contributed by atoms with E-state index in [1.807, 2.05) is 6.07 Å². The molecule has 0 fully saturated rings. The number of benzene rings is 11. The van der Waals surface area contributed by atoms with Gasteiger partial charge in [0.2, 0.25) is 0 Å². The summed E-state index contributed by atoms with van der Waals surface area (Å²) in [5, 5.41) is 16.5. The molecule has 16 rings (SSSR count). The van der Waals surface area contributed by atoms with Crippen molar-refractivity contribution in [1.29, 1.82) is 5.41 Å². The van der Waals surface area contributed by atoms with E-state index in [1.54, 1.807) is 0 Å². The summed E-state index contributed by atoms with van der Waals surface area (Å²) >= 11 is 0. The first-order valence-corrected chi connectivity index (χ1v) is 26.1. The van der Waals surface area contributed by atoms with E-state index in [0.717, 1.165) is 51.9 Å². The van der Waals surface area contributed by atoms with Crippen molar-refractivity contribution in [1.82, 2.24) is 9.13 Å². The second-order valence-corrected chi connectivity index (χ2v) is 20.3. The van der Waals surface area contributed by atoms with Crippen LogP contribution in [0.3, 0.4) is 0 Å². The fraction of sp³-hybridized carbons (Fsp3) is 0.0417. The van der Waals surface area contributed by atoms with E-state index in [1.165, 1.54) is 99.0 Å². The number of hydrogen-bond donors (Lipinski definition) is 1. The molecule has 75 heavy (non-hydrogen) atoms. The van der Waals surface area contributed by atoms with Crippen molar-refractivity contribution < 1.29 is 0 Å². The Balaban J connectivity index is 0.000000330. The molecule has 0 saturated carbocycles. The largest absolute Gasteiger partial charge is 0.310 e. The Morgan fingerprint density at radius 2 is 0.907 bits per heavy atom. The average molecular weight is 956 g/mol. The SMILES string of the molecule is N=C1c2ccccc2-c2cccc(-c3ccc4cc(-n5c6ccccc6c6cc(-c7ccc8c(c7)c7ccccc7n8C7=CCC(c8ccccc8)C=C7)ccc65)ccc4c3)c21.c1ccc2c(c1)Cc1ccccc1-2. The Labute approximate surface area is 435 Å². The molecule has 13 aromatic rings. The molecule has 11 aromatic carbocycles. The number of nitrogens with one attached hydrogen (secondary N) is 1. The number of rotatable bonds is 5. The summed E-state index contributed by atoms with van der Waals surface area (Å²) in [7, 11) is 0. The topological polar surface area (TPSA) is 33.7 Å². The second kappa shape index (κ2) is 17.3. The van der Waals surface area contributed by atoms with Gasteiger partial charge in [-0.1, -0.05) is 200 Å². The summed E-state index contributed by atoms with van der Waals surface area (Å²) in [5.41, 5.74) is 23.9. The van der Waals surface area contributed by atoms with E-state index in [0.29, 0.717) is 11.6 Å². The Kier molecular flexibility index (Phi) is 9.93. The van der Waals surface area contributed by atoms with Crippen LogP contribution in [0.4, 0.5) is 0 Å². The van der Waals surface area contributed by atoms with Crippen molar-refractivity contribution in [3.8, 4) is 50.2 Å². The molecule has 0 radical (unpaired) electrons. The zero-order valence-electron chi connectivity index (χ0n) is 41.2. The lowest BCUT2D eigenvalue weighted by Gasteiger charge is -2.18. The highest BCUT2D eigenvalue weighted by molar-refractivity contribution is 6.26. The number of para-hydroxylation sites is 2. The fourth-order valence-corrected chi connectivity index (χ4v) is 12.6. The van der Waals surface area contributed by atoms with Gasteiger partial charge in [-0.05, 0) is 145 Å². The molecule has 3 aliphatic rings. The normalized spacial score (nSPS) is 14.2. The van der Waals surface area contributed by atoms with Crippen LogP contribution in [0, 0.1) is 5.41 Å². The molecular formula is C72H49N3. The third-order valence-corrected chi connectivity index (χ3v) is 16.1. The van der Waals surface area contributed by atoms with Gasteiger partial charge >= 0.3 is 0 Å². The number of allylic oxidation sites excluding steroid dienone is 4. The van der Waals surface area contributed by atoms with Gasteiger partial charge in [0.05, 0.1) is 27.8 Å². The highest BCUT2D eigenvalue weighted by atomic mass is 15.0. The number of fused-ring (bicyclic) bond motifs is 13. The van der Waals surface area contributed by atoms with E-state index in [9.17, 15) is 0 Å². The Morgan fingerprint density at radius 1 is 0.373 bits per heavy atom. The fourth-order valence-electron chi connectivity index (χ4n) is 12.6. The standard InChI is InChI=1S/C59H39N3.C13H10/c60-59-51-16-5-4-13-47(51)50-18-10-17-46(58(50)59)43-22-21-40-34-45(30-25-39(40)33-43)62-55-20-9-7-15-49(55)53-36-42(27-32-57(53)62)41-26-31-56-52(35-41)48-14-6-8-19-54(48)61(56)44-28-23-38(24-29-44)37-11-2-1-3-12-37;1-3-7-12-10(5-1)9-11-6-2-4-8-13(11)12/h1-23,25-36,38,60H,24H2;1-8H,9H2. The van der Waals surface area contributed by atoms with E-state index in [2.05, 4.69) is 264 Å². The van der Waals surface area contributed by atoms with E-state index in [4.69, 9.17) is 5.41 Å². The van der Waals surface area contributed by atoms with Crippen molar-refractivity contribution >= 4 is 65.8 Å². The van der Waals surface area contributed by atoms with Gasteiger partial charge in [0, 0.05) is 50.0 Å². The molecule has 1 atom stereocenters. The third-order valence-electron chi connectivity index (χ3n) is 16.1. The minimum Gasteiger partial charge on any atom is -0.310 e. The molecule has 0 amide bonds. The molecule has 3 aliphatic carbocycles. The maximum Gasteiger partial charge on any atom is 0.0703 e. The van der Waals surface area contributed by atoms with Crippen LogP contribution in [0.25, 0.3) is 110 Å². The highest BCUT2D eigenvalue weighted by Gasteiger charge is 2.27. The predicted octanol–water partition coefficient (Wildman–Crippen LogP) is 18.6. The van der Waals surface area contributed by atoms with Gasteiger partial charge < -0.3 is 9.13 Å². The van der Waals surface area contributed by atoms with Crippen LogP contribution >= 0.6 is 0 Å². The Morgan fingerprint density at radius 3 is 1.60 bits per heavy atom. The van der Waals surface area contributed by atoms with Crippen LogP contribution in [0.2, 0.25) is 0 Å². The zero-order valence-corrected chi connectivity index (χ0v) is 41.2. The van der Waals surface area contributed by atoms with Gasteiger partial charge in [-0.2, -0.15) is 0 Å². The Bertz CT molecular complexity index is 4510. The van der Waals surface area contributed by atoms with E-state index < -0.39 is 0 Å². The van der Waals surface area contributed by atoms with Crippen molar-refractivity contribution in [3.05, 3.63) is 289 Å². The van der Waals surface area contributed by atoms with Crippen LogP contribution in [0.1, 0.15) is 40.2 Å². The molecule has 2 heterocycles. The van der Waals surface area contributed by atoms with Crippen LogP contribution in [0.5, 0.6) is 0 Å². The quantitative estimate of drug-likeness (QED) is 0.178. The van der Waals surface area contributed by atoms with E-state index >= 15 is 0 Å². The third kappa shape index (κ3) is 7.00. The summed E-state index contributed by atoms with van der Waals surface area (Å²) in [4.78, 5) is 0. The number of aromatic nitrogens is 2. The van der Waals surface area contributed by atoms with Crippen LogP contribution < -0.4 is 0 Å². The summed E-state index contributed by atoms with van der Waals surface area (Å²) in [6.45, 7) is 0. The smallest absolute Gasteiger partial charge is 0.0703 e. The lowest BCUT2D eigenvalue weighted by atomic mass is 9.92. The van der Waals surface area contributed by atoms with Gasteiger partial charge in [-0.25, -0.2) is 0 Å². The molecule has 3 heteroatoms. The van der Waals surface area contributed by atoms with Crippen LogP contribution in [-0.4, -0.2) is 14.8 Å². The molecule has 0 aliphatic heterocycles. The van der Waals surface area contributed by atoms with Gasteiger partial charge in [-0.15, -0.1) is 0 Å². The van der Waals surface area contributed by atoms with Crippen molar-refractivity contribution in [2.75, 3.05) is 0 Å². The maximum atomic E-state index is 9.08. The molecule has 3 nitrogen and oxygen atoms in total. The first-order chi connectivity index (χ1) is 37.1. The monoisotopic (exact) mass is 955 g/mol. The number of nitrogens with zero attached hydrogens (tertiary/aromatic N) is 2. The minimum absolute atomic E-state index is 0.396. The molecule has 2 aromatic heterocycles. The molecule has 0 saturated heterocycles. The minimum atomic E-state index is 0.396. The summed E-state index contributed by atoms with van der Waals surface area (Å²) in [6.07, 6.45) is 9.15. The van der Waals surface area contributed by atoms with Gasteiger partial charge in [0.15, 0.2) is 0 Å². The molecule has 1 unspecified atom stereocenters. The van der Waals surface area contributed by atoms with Crippen molar-refractivity contribution in [3.63, 3.8) is 0 Å². The van der Waals surface area contributed by atoms with Crippen molar-refractivity contribution in [2.45, 2.75) is 18.8 Å². The average Bonchev–Trinajstić information content (AvgIpc) is 4.26. The molecular weight excluding hydrogens is 907 g/mol. The molecule has 1 N–H and O–H groups in total. The predicted molar refractivity (Wildman–Crippen MR) is 315 cm³/mol. The molecule has 352 valence electrons. The van der Waals surface area contributed by atoms with Gasteiger partial charge in [0.25, 0.3) is 0 Å². The zero-order chi connectivity index (χ0) is 49.6. The van der Waals surface area contributed by atoms with Gasteiger partial charge in [-0.3, -0.25) is 5.41 Å². The first-order valence-electron chi connectivity index (χ1n) is 26.1. The van der Waals surface area contributed by atoms with Crippen molar-refractivity contribution in [2.24, 2.45) is 0 Å². The van der Waals surface area contributed by atoms with Crippen LogP contribution in [0.15, 0.2) is 261 Å².